The molecule has 2 aromatic heterocycles. The van der Waals surface area contributed by atoms with Crippen molar-refractivity contribution >= 4 is 33.6 Å². The number of para-hydroxylation sites is 2. The van der Waals surface area contributed by atoms with Gasteiger partial charge in [-0.15, -0.1) is 0 Å². The molecule has 2 N–H and O–H groups in total. The fourth-order valence-electron chi connectivity index (χ4n) is 5.14. The summed E-state index contributed by atoms with van der Waals surface area (Å²) in [6.45, 7) is 2.00. The largest absolute Gasteiger partial charge is 0.362 e. The van der Waals surface area contributed by atoms with Gasteiger partial charge in [-0.2, -0.15) is 4.98 Å². The number of nitrogens with one attached hydrogen (secondary N) is 2. The highest BCUT2D eigenvalue weighted by molar-refractivity contribution is 5.90. The molecule has 1 aliphatic rings. The molecule has 0 bridgehead atoms. The van der Waals surface area contributed by atoms with Crippen LogP contribution >= 0.6 is 0 Å². The van der Waals surface area contributed by atoms with Crippen LogP contribution in [0.3, 0.4) is 0 Å². The number of aromatic nitrogens is 3. The van der Waals surface area contributed by atoms with Crippen molar-refractivity contribution in [2.45, 2.75) is 38.3 Å². The highest BCUT2D eigenvalue weighted by Crippen LogP contribution is 2.28. The van der Waals surface area contributed by atoms with Gasteiger partial charge in [0, 0.05) is 56.2 Å². The van der Waals surface area contributed by atoms with Crippen molar-refractivity contribution < 1.29 is 0 Å². The zero-order valence-corrected chi connectivity index (χ0v) is 19.9. The van der Waals surface area contributed by atoms with Crippen molar-refractivity contribution in [3.8, 4) is 0 Å². The molecule has 2 heterocycles. The summed E-state index contributed by atoms with van der Waals surface area (Å²) in [5.41, 5.74) is 3.67. The molecule has 0 spiro atoms. The van der Waals surface area contributed by atoms with Gasteiger partial charge in [-0.1, -0.05) is 30.3 Å². The Hall–Kier alpha value is -3.12. The molecule has 6 heteroatoms. The lowest BCUT2D eigenvalue weighted by molar-refractivity contribution is 0.324. The minimum atomic E-state index is 0.440. The SMILES string of the molecule is CN(C)c1nc(NC2CCC(CNCc3cn(C)c4ccccc34)CC2)nc2ccccc12. The van der Waals surface area contributed by atoms with Gasteiger partial charge in [-0.25, -0.2) is 4.98 Å². The lowest BCUT2D eigenvalue weighted by atomic mass is 9.86. The fraction of sp³-hybridized carbons (Fsp3) is 0.407. The van der Waals surface area contributed by atoms with E-state index in [2.05, 4.69) is 69.7 Å². The second kappa shape index (κ2) is 9.40. The van der Waals surface area contributed by atoms with Crippen LogP contribution in [0.2, 0.25) is 0 Å². The van der Waals surface area contributed by atoms with Gasteiger partial charge >= 0.3 is 0 Å². The third kappa shape index (κ3) is 4.67. The van der Waals surface area contributed by atoms with E-state index in [-0.39, 0.29) is 0 Å². The summed E-state index contributed by atoms with van der Waals surface area (Å²) in [4.78, 5) is 11.7. The van der Waals surface area contributed by atoms with Crippen LogP contribution in [0.25, 0.3) is 21.8 Å². The van der Waals surface area contributed by atoms with E-state index in [0.29, 0.717) is 6.04 Å². The van der Waals surface area contributed by atoms with Gasteiger partial charge in [0.25, 0.3) is 0 Å². The fourth-order valence-corrected chi connectivity index (χ4v) is 5.14. The molecule has 2 aromatic carbocycles. The molecular formula is C27H34N6. The molecule has 33 heavy (non-hydrogen) atoms. The molecule has 0 aliphatic heterocycles. The Kier molecular flexibility index (Phi) is 6.18. The number of fused-ring (bicyclic) bond motifs is 2. The van der Waals surface area contributed by atoms with Gasteiger partial charge < -0.3 is 20.1 Å². The Labute approximate surface area is 196 Å². The Morgan fingerprint density at radius 3 is 2.45 bits per heavy atom. The zero-order chi connectivity index (χ0) is 22.8. The topological polar surface area (TPSA) is 58.0 Å². The van der Waals surface area contributed by atoms with Crippen molar-refractivity contribution in [3.05, 3.63) is 60.3 Å². The molecular weight excluding hydrogens is 408 g/mol. The van der Waals surface area contributed by atoms with Crippen molar-refractivity contribution in [3.63, 3.8) is 0 Å². The summed E-state index contributed by atoms with van der Waals surface area (Å²) in [6, 6.07) is 17.3. The quantitative estimate of drug-likeness (QED) is 0.424. The lowest BCUT2D eigenvalue weighted by Gasteiger charge is -2.29. The van der Waals surface area contributed by atoms with Crippen LogP contribution in [0.1, 0.15) is 31.2 Å². The monoisotopic (exact) mass is 442 g/mol. The predicted octanol–water partition coefficient (Wildman–Crippen LogP) is 4.95. The first-order chi connectivity index (χ1) is 16.1. The van der Waals surface area contributed by atoms with E-state index < -0.39 is 0 Å². The number of benzene rings is 2. The van der Waals surface area contributed by atoms with Crippen LogP contribution < -0.4 is 15.5 Å². The van der Waals surface area contributed by atoms with Gasteiger partial charge in [-0.3, -0.25) is 0 Å². The Bertz CT molecular complexity index is 1240. The van der Waals surface area contributed by atoms with Gasteiger partial charge in [0.2, 0.25) is 5.95 Å². The summed E-state index contributed by atoms with van der Waals surface area (Å²) < 4.78 is 2.22. The van der Waals surface area contributed by atoms with Crippen molar-refractivity contribution in [1.82, 2.24) is 19.9 Å². The molecule has 1 fully saturated rings. The third-order valence-electron chi connectivity index (χ3n) is 6.91. The molecule has 0 radical (unpaired) electrons. The number of aryl methyl sites for hydroxylation is 1. The molecule has 5 rings (SSSR count). The molecule has 1 aliphatic carbocycles. The second-order valence-corrected chi connectivity index (χ2v) is 9.56. The number of hydrogen-bond donors (Lipinski definition) is 2. The molecule has 0 atom stereocenters. The van der Waals surface area contributed by atoms with E-state index in [4.69, 9.17) is 9.97 Å². The molecule has 6 nitrogen and oxygen atoms in total. The first kappa shape index (κ1) is 21.7. The highest BCUT2D eigenvalue weighted by atomic mass is 15.2. The van der Waals surface area contributed by atoms with E-state index >= 15 is 0 Å². The highest BCUT2D eigenvalue weighted by Gasteiger charge is 2.22. The molecule has 4 aromatic rings. The number of anilines is 2. The normalized spacial score (nSPS) is 18.6. The second-order valence-electron chi connectivity index (χ2n) is 9.56. The van der Waals surface area contributed by atoms with Gasteiger partial charge in [0.1, 0.15) is 5.82 Å². The van der Waals surface area contributed by atoms with E-state index in [1.54, 1.807) is 0 Å². The minimum absolute atomic E-state index is 0.440. The van der Waals surface area contributed by atoms with Crippen molar-refractivity contribution in [2.24, 2.45) is 13.0 Å². The molecule has 1 saturated carbocycles. The maximum atomic E-state index is 4.81. The first-order valence-electron chi connectivity index (χ1n) is 12.0. The zero-order valence-electron chi connectivity index (χ0n) is 19.9. The van der Waals surface area contributed by atoms with Crippen LogP contribution in [0.4, 0.5) is 11.8 Å². The van der Waals surface area contributed by atoms with Crippen molar-refractivity contribution in [2.75, 3.05) is 30.9 Å². The Morgan fingerprint density at radius 2 is 1.67 bits per heavy atom. The lowest BCUT2D eigenvalue weighted by Crippen LogP contribution is -2.31. The average molecular weight is 443 g/mol. The van der Waals surface area contributed by atoms with E-state index in [9.17, 15) is 0 Å². The van der Waals surface area contributed by atoms with Gasteiger partial charge in [-0.05, 0) is 61.9 Å². The van der Waals surface area contributed by atoms with E-state index in [1.165, 1.54) is 29.3 Å². The van der Waals surface area contributed by atoms with Crippen LogP contribution in [0.15, 0.2) is 54.7 Å². The standard InChI is InChI=1S/C27H34N6/c1-32(2)26-23-9-4-6-10-24(23)30-27(31-26)29-21-14-12-19(13-15-21)16-28-17-20-18-33(3)25-11-7-5-8-22(20)25/h4-11,18-19,21,28H,12-17H2,1-3H3,(H,29,30,31). The molecule has 0 unspecified atom stereocenters. The summed E-state index contributed by atoms with van der Waals surface area (Å²) in [6.07, 6.45) is 7.04. The third-order valence-corrected chi connectivity index (χ3v) is 6.91. The van der Waals surface area contributed by atoms with E-state index in [1.807, 2.05) is 26.2 Å². The smallest absolute Gasteiger partial charge is 0.225 e. The molecule has 0 amide bonds. The van der Waals surface area contributed by atoms with Gasteiger partial charge in [0.15, 0.2) is 0 Å². The predicted molar refractivity (Wildman–Crippen MR) is 138 cm³/mol. The van der Waals surface area contributed by atoms with Crippen molar-refractivity contribution in [1.29, 1.82) is 0 Å². The maximum Gasteiger partial charge on any atom is 0.225 e. The minimum Gasteiger partial charge on any atom is -0.362 e. The average Bonchev–Trinajstić information content (AvgIpc) is 3.15. The number of rotatable bonds is 7. The number of hydrogen-bond acceptors (Lipinski definition) is 5. The van der Waals surface area contributed by atoms with Gasteiger partial charge in [0.05, 0.1) is 5.52 Å². The molecule has 172 valence electrons. The Balaban J connectivity index is 1.15. The van der Waals surface area contributed by atoms with Crippen LogP contribution in [0, 0.1) is 5.92 Å². The van der Waals surface area contributed by atoms with Crippen LogP contribution in [-0.4, -0.2) is 41.2 Å². The molecule has 0 saturated heterocycles. The Morgan fingerprint density at radius 1 is 0.939 bits per heavy atom. The summed E-state index contributed by atoms with van der Waals surface area (Å²) in [7, 11) is 6.20. The van der Waals surface area contributed by atoms with Crippen LogP contribution in [-0.2, 0) is 13.6 Å². The number of nitrogens with zero attached hydrogens (tertiary/aromatic N) is 4. The first-order valence-corrected chi connectivity index (χ1v) is 12.0. The van der Waals surface area contributed by atoms with E-state index in [0.717, 1.165) is 54.5 Å². The summed E-state index contributed by atoms with van der Waals surface area (Å²) in [5, 5.41) is 9.79. The van der Waals surface area contributed by atoms with Crippen LogP contribution in [0.5, 0.6) is 0 Å². The maximum absolute atomic E-state index is 4.81. The summed E-state index contributed by atoms with van der Waals surface area (Å²) in [5.74, 6) is 2.44. The summed E-state index contributed by atoms with van der Waals surface area (Å²) >= 11 is 0.